The fraction of sp³-hybridized carbons (Fsp3) is 0.167. The maximum atomic E-state index is 12.2. The molecule has 2 aromatic carbocycles. The van der Waals surface area contributed by atoms with Crippen LogP contribution < -0.4 is 9.47 Å². The molecule has 0 aliphatic carbocycles. The first-order valence-electron chi connectivity index (χ1n) is 7.09. The molecular weight excluding hydrogens is 358 g/mol. The lowest BCUT2D eigenvalue weighted by Crippen LogP contribution is -2.07. The van der Waals surface area contributed by atoms with Gasteiger partial charge in [0.25, 0.3) is 0 Å². The number of ether oxygens (including phenoxy) is 2. The Kier molecular flexibility index (Phi) is 4.13. The molecular formula is C18H16BrNO3. The Morgan fingerprint density at radius 2 is 1.83 bits per heavy atom. The van der Waals surface area contributed by atoms with Gasteiger partial charge in [-0.2, -0.15) is 0 Å². The molecule has 0 aliphatic rings. The summed E-state index contributed by atoms with van der Waals surface area (Å²) in [5.74, 6) is 1.32. The van der Waals surface area contributed by atoms with Crippen molar-refractivity contribution in [2.24, 2.45) is 0 Å². The monoisotopic (exact) mass is 373 g/mol. The van der Waals surface area contributed by atoms with Crippen LogP contribution in [0.25, 0.3) is 22.2 Å². The van der Waals surface area contributed by atoms with E-state index in [1.807, 2.05) is 42.5 Å². The van der Waals surface area contributed by atoms with Gasteiger partial charge in [0.05, 0.1) is 25.4 Å². The molecule has 0 bridgehead atoms. The number of rotatable bonds is 3. The molecule has 1 aromatic heterocycles. The molecule has 0 atom stereocenters. The highest BCUT2D eigenvalue weighted by molar-refractivity contribution is 9.10. The number of hydrogen-bond donors (Lipinski definition) is 0. The predicted octanol–water partition coefficient (Wildman–Crippen LogP) is 4.75. The van der Waals surface area contributed by atoms with Crippen LogP contribution in [0.4, 0.5) is 0 Å². The Morgan fingerprint density at radius 3 is 2.48 bits per heavy atom. The number of halogens is 1. The fourth-order valence-corrected chi connectivity index (χ4v) is 3.11. The largest absolute Gasteiger partial charge is 0.497 e. The summed E-state index contributed by atoms with van der Waals surface area (Å²) in [6.45, 7) is 1.56. The van der Waals surface area contributed by atoms with Crippen LogP contribution in [0, 0.1) is 0 Å². The van der Waals surface area contributed by atoms with Crippen molar-refractivity contribution < 1.29 is 14.3 Å². The summed E-state index contributed by atoms with van der Waals surface area (Å²) >= 11 is 3.47. The molecule has 0 radical (unpaired) electrons. The van der Waals surface area contributed by atoms with Crippen molar-refractivity contribution >= 4 is 32.7 Å². The van der Waals surface area contributed by atoms with E-state index in [1.54, 1.807) is 25.7 Å². The van der Waals surface area contributed by atoms with Gasteiger partial charge in [-0.1, -0.05) is 15.9 Å². The molecule has 0 amide bonds. The summed E-state index contributed by atoms with van der Waals surface area (Å²) in [6, 6.07) is 13.4. The third-order valence-corrected chi connectivity index (χ3v) is 4.26. The van der Waals surface area contributed by atoms with E-state index in [0.29, 0.717) is 11.5 Å². The highest BCUT2D eigenvalue weighted by Gasteiger charge is 2.17. The molecule has 0 unspecified atom stereocenters. The van der Waals surface area contributed by atoms with Crippen molar-refractivity contribution in [3.63, 3.8) is 0 Å². The first-order valence-corrected chi connectivity index (χ1v) is 7.89. The van der Waals surface area contributed by atoms with Gasteiger partial charge in [-0.15, -0.1) is 0 Å². The molecule has 118 valence electrons. The SMILES string of the molecule is COc1ccc(-c2cc3cc(Br)ccc3n2C(C)=O)c(OC)c1. The standard InChI is InChI=1S/C18H16BrNO3/c1-11(21)20-16-7-4-13(19)8-12(16)9-17(20)15-6-5-14(22-2)10-18(15)23-3/h4-10H,1-3H3. The Morgan fingerprint density at radius 1 is 1.04 bits per heavy atom. The molecule has 0 saturated heterocycles. The Balaban J connectivity index is 2.31. The molecule has 3 aromatic rings. The number of nitrogens with zero attached hydrogens (tertiary/aromatic N) is 1. The van der Waals surface area contributed by atoms with Gasteiger partial charge in [0.2, 0.25) is 5.91 Å². The molecule has 0 spiro atoms. The van der Waals surface area contributed by atoms with Crippen molar-refractivity contribution in [3.8, 4) is 22.8 Å². The van der Waals surface area contributed by atoms with Gasteiger partial charge in [-0.3, -0.25) is 9.36 Å². The lowest BCUT2D eigenvalue weighted by molar-refractivity contribution is 0.0943. The molecule has 0 saturated carbocycles. The zero-order valence-electron chi connectivity index (χ0n) is 13.1. The van der Waals surface area contributed by atoms with E-state index in [9.17, 15) is 4.79 Å². The van der Waals surface area contributed by atoms with Gasteiger partial charge in [-0.25, -0.2) is 0 Å². The van der Waals surface area contributed by atoms with Crippen LogP contribution in [0.5, 0.6) is 11.5 Å². The summed E-state index contributed by atoms with van der Waals surface area (Å²) in [7, 11) is 3.22. The van der Waals surface area contributed by atoms with Crippen LogP contribution in [-0.2, 0) is 0 Å². The maximum absolute atomic E-state index is 12.2. The summed E-state index contributed by atoms with van der Waals surface area (Å²) in [5, 5.41) is 0.988. The Labute approximate surface area is 142 Å². The molecule has 0 aliphatic heterocycles. The third kappa shape index (κ3) is 2.72. The molecule has 0 N–H and O–H groups in total. The summed E-state index contributed by atoms with van der Waals surface area (Å²) in [5.41, 5.74) is 2.51. The summed E-state index contributed by atoms with van der Waals surface area (Å²) in [6.07, 6.45) is 0. The second-order valence-electron chi connectivity index (χ2n) is 5.15. The van der Waals surface area contributed by atoms with Crippen LogP contribution in [-0.4, -0.2) is 24.7 Å². The second-order valence-corrected chi connectivity index (χ2v) is 6.07. The van der Waals surface area contributed by atoms with E-state index in [4.69, 9.17) is 9.47 Å². The summed E-state index contributed by atoms with van der Waals surface area (Å²) < 4.78 is 13.4. The second kappa shape index (κ2) is 6.08. The van der Waals surface area contributed by atoms with Gasteiger partial charge in [0.15, 0.2) is 0 Å². The topological polar surface area (TPSA) is 40.5 Å². The maximum Gasteiger partial charge on any atom is 0.228 e. The van der Waals surface area contributed by atoms with E-state index in [-0.39, 0.29) is 5.91 Å². The van der Waals surface area contributed by atoms with Gasteiger partial charge in [-0.05, 0) is 36.4 Å². The van der Waals surface area contributed by atoms with Gasteiger partial charge >= 0.3 is 0 Å². The zero-order chi connectivity index (χ0) is 16.6. The van der Waals surface area contributed by atoms with Crippen molar-refractivity contribution in [2.75, 3.05) is 14.2 Å². The van der Waals surface area contributed by atoms with Crippen molar-refractivity contribution in [3.05, 3.63) is 46.9 Å². The minimum absolute atomic E-state index is 0.0461. The highest BCUT2D eigenvalue weighted by atomic mass is 79.9. The predicted molar refractivity (Wildman–Crippen MR) is 94.5 cm³/mol. The van der Waals surface area contributed by atoms with E-state index in [0.717, 1.165) is 26.6 Å². The lowest BCUT2D eigenvalue weighted by atomic mass is 10.1. The molecule has 4 nitrogen and oxygen atoms in total. The van der Waals surface area contributed by atoms with Crippen LogP contribution in [0.2, 0.25) is 0 Å². The van der Waals surface area contributed by atoms with Crippen LogP contribution >= 0.6 is 15.9 Å². The number of benzene rings is 2. The Bertz CT molecular complexity index is 899. The smallest absolute Gasteiger partial charge is 0.228 e. The van der Waals surface area contributed by atoms with Crippen LogP contribution in [0.3, 0.4) is 0 Å². The van der Waals surface area contributed by atoms with Crippen molar-refractivity contribution in [1.29, 1.82) is 0 Å². The minimum Gasteiger partial charge on any atom is -0.497 e. The van der Waals surface area contributed by atoms with E-state index < -0.39 is 0 Å². The Hall–Kier alpha value is -2.27. The van der Waals surface area contributed by atoms with E-state index in [2.05, 4.69) is 15.9 Å². The molecule has 3 rings (SSSR count). The van der Waals surface area contributed by atoms with Crippen LogP contribution in [0.1, 0.15) is 11.7 Å². The molecule has 0 fully saturated rings. The van der Waals surface area contributed by atoms with Crippen molar-refractivity contribution in [1.82, 2.24) is 4.57 Å². The number of fused-ring (bicyclic) bond motifs is 1. The van der Waals surface area contributed by atoms with E-state index >= 15 is 0 Å². The third-order valence-electron chi connectivity index (χ3n) is 3.76. The number of aromatic nitrogens is 1. The average Bonchev–Trinajstić information content (AvgIpc) is 2.92. The average molecular weight is 374 g/mol. The quantitative estimate of drug-likeness (QED) is 0.665. The lowest BCUT2D eigenvalue weighted by Gasteiger charge is -2.12. The normalized spacial score (nSPS) is 10.8. The van der Waals surface area contributed by atoms with Gasteiger partial charge in [0, 0.05) is 28.4 Å². The van der Waals surface area contributed by atoms with Gasteiger partial charge in [0.1, 0.15) is 11.5 Å². The van der Waals surface area contributed by atoms with Crippen molar-refractivity contribution in [2.45, 2.75) is 6.92 Å². The first-order chi connectivity index (χ1) is 11.0. The number of hydrogen-bond acceptors (Lipinski definition) is 3. The molecule has 1 heterocycles. The summed E-state index contributed by atoms with van der Waals surface area (Å²) in [4.78, 5) is 12.2. The zero-order valence-corrected chi connectivity index (χ0v) is 14.7. The number of carbonyl (C=O) groups is 1. The number of carbonyl (C=O) groups excluding carboxylic acids is 1. The first kappa shape index (κ1) is 15.6. The molecule has 23 heavy (non-hydrogen) atoms. The van der Waals surface area contributed by atoms with Crippen LogP contribution in [0.15, 0.2) is 46.9 Å². The number of methoxy groups -OCH3 is 2. The minimum atomic E-state index is -0.0461. The highest BCUT2D eigenvalue weighted by Crippen LogP contribution is 2.37. The molecule has 5 heteroatoms. The fourth-order valence-electron chi connectivity index (χ4n) is 2.73. The van der Waals surface area contributed by atoms with Gasteiger partial charge < -0.3 is 9.47 Å². The van der Waals surface area contributed by atoms with E-state index in [1.165, 1.54) is 0 Å².